The summed E-state index contributed by atoms with van der Waals surface area (Å²) in [5.41, 5.74) is 2.48. The van der Waals surface area contributed by atoms with E-state index in [2.05, 4.69) is 15.6 Å². The zero-order valence-corrected chi connectivity index (χ0v) is 16.6. The van der Waals surface area contributed by atoms with Crippen LogP contribution in [-0.4, -0.2) is 85.0 Å². The number of fused-ring (bicyclic) bond motifs is 1. The van der Waals surface area contributed by atoms with Crippen molar-refractivity contribution in [3.8, 4) is 5.88 Å². The number of hydrogen-bond acceptors (Lipinski definition) is 7. The van der Waals surface area contributed by atoms with Crippen molar-refractivity contribution in [3.05, 3.63) is 22.9 Å². The Morgan fingerprint density at radius 1 is 1.48 bits per heavy atom. The molecule has 3 N–H and O–H groups in total. The van der Waals surface area contributed by atoms with Crippen molar-refractivity contribution in [1.29, 1.82) is 0 Å². The summed E-state index contributed by atoms with van der Waals surface area (Å²) >= 11 is 0. The van der Waals surface area contributed by atoms with E-state index in [4.69, 9.17) is 9.47 Å². The minimum absolute atomic E-state index is 0.0254. The second-order valence-electron chi connectivity index (χ2n) is 7.86. The lowest BCUT2D eigenvalue weighted by Gasteiger charge is -2.38. The second kappa shape index (κ2) is 8.64. The molecule has 2 amide bonds. The van der Waals surface area contributed by atoms with E-state index in [1.165, 1.54) is 7.11 Å². The lowest BCUT2D eigenvalue weighted by Crippen LogP contribution is -2.58. The number of carbonyl (C=O) groups excluding carboxylic acids is 2. The number of aliphatic hydroxyl groups excluding tert-OH is 1. The average molecular weight is 404 g/mol. The molecule has 3 heterocycles. The van der Waals surface area contributed by atoms with Gasteiger partial charge in [-0.05, 0) is 37.3 Å². The van der Waals surface area contributed by atoms with Crippen molar-refractivity contribution in [2.24, 2.45) is 0 Å². The summed E-state index contributed by atoms with van der Waals surface area (Å²) in [4.78, 5) is 31.0. The number of aromatic nitrogens is 1. The van der Waals surface area contributed by atoms with Crippen LogP contribution >= 0.6 is 0 Å². The first kappa shape index (κ1) is 20.1. The molecular formula is C20H28N4O5. The van der Waals surface area contributed by atoms with Crippen LogP contribution in [0.2, 0.25) is 0 Å². The number of nitrogens with one attached hydrogen (secondary N) is 2. The molecule has 9 nitrogen and oxygen atoms in total. The molecule has 3 atom stereocenters. The topological polar surface area (TPSA) is 113 Å². The number of piperazine rings is 1. The number of rotatable bonds is 5. The normalized spacial score (nSPS) is 27.2. The van der Waals surface area contributed by atoms with Crippen molar-refractivity contribution in [1.82, 2.24) is 20.5 Å². The zero-order chi connectivity index (χ0) is 20.4. The van der Waals surface area contributed by atoms with Crippen LogP contribution in [0.4, 0.5) is 0 Å². The van der Waals surface area contributed by atoms with Crippen LogP contribution in [0.1, 0.15) is 34.5 Å². The highest BCUT2D eigenvalue weighted by Crippen LogP contribution is 2.27. The summed E-state index contributed by atoms with van der Waals surface area (Å²) < 4.78 is 11.1. The van der Waals surface area contributed by atoms with Crippen molar-refractivity contribution in [2.75, 3.05) is 39.9 Å². The minimum atomic E-state index is -0.855. The third kappa shape index (κ3) is 4.36. The van der Waals surface area contributed by atoms with E-state index in [-0.39, 0.29) is 11.8 Å². The zero-order valence-electron chi connectivity index (χ0n) is 16.6. The first-order valence-electron chi connectivity index (χ1n) is 10.2. The molecule has 2 aliphatic heterocycles. The van der Waals surface area contributed by atoms with Crippen LogP contribution in [-0.2, 0) is 22.4 Å². The number of aryl methyl sites for hydroxylation is 2. The molecule has 4 rings (SSSR count). The van der Waals surface area contributed by atoms with Gasteiger partial charge in [-0.3, -0.25) is 14.5 Å². The Labute approximate surface area is 169 Å². The van der Waals surface area contributed by atoms with Crippen LogP contribution in [0.15, 0.2) is 6.07 Å². The summed E-state index contributed by atoms with van der Waals surface area (Å²) in [5, 5.41) is 16.5. The molecule has 3 aliphatic rings. The molecular weight excluding hydrogens is 376 g/mol. The quantitative estimate of drug-likeness (QED) is 0.592. The average Bonchev–Trinajstić information content (AvgIpc) is 3.17. The highest BCUT2D eigenvalue weighted by atomic mass is 16.5. The van der Waals surface area contributed by atoms with Crippen molar-refractivity contribution in [2.45, 2.75) is 43.9 Å². The molecule has 0 unspecified atom stereocenters. The first-order valence-corrected chi connectivity index (χ1v) is 10.2. The fraction of sp³-hybridized carbons (Fsp3) is 0.650. The molecule has 1 aliphatic carbocycles. The molecule has 2 fully saturated rings. The number of nitrogens with zero attached hydrogens (tertiary/aromatic N) is 2. The summed E-state index contributed by atoms with van der Waals surface area (Å²) in [6.07, 6.45) is 2.06. The lowest BCUT2D eigenvalue weighted by molar-refractivity contribution is -0.127. The van der Waals surface area contributed by atoms with Crippen LogP contribution in [0.3, 0.4) is 0 Å². The maximum Gasteiger partial charge on any atom is 0.257 e. The van der Waals surface area contributed by atoms with Gasteiger partial charge in [0.15, 0.2) is 0 Å². The highest BCUT2D eigenvalue weighted by Gasteiger charge is 2.36. The Kier molecular flexibility index (Phi) is 5.98. The standard InChI is InChI=1S/C20H28N4O5/c1-28-20-13(9-12-3-2-4-14(12)23-20)19(27)22-15-5-8-29-16(18(15)26)10-24-7-6-21-17(25)11-24/h9,15-16,18,26H,2-8,10-11H2,1H3,(H,21,25)(H,22,27)/t15-,16+,18-/m0/s1. The van der Waals surface area contributed by atoms with E-state index in [9.17, 15) is 14.7 Å². The largest absolute Gasteiger partial charge is 0.480 e. The van der Waals surface area contributed by atoms with Crippen LogP contribution in [0.25, 0.3) is 0 Å². The first-order chi connectivity index (χ1) is 14.0. The lowest BCUT2D eigenvalue weighted by atomic mass is 9.98. The fourth-order valence-electron chi connectivity index (χ4n) is 4.31. The van der Waals surface area contributed by atoms with Gasteiger partial charge in [0, 0.05) is 31.9 Å². The Hall–Kier alpha value is -2.23. The van der Waals surface area contributed by atoms with E-state index in [1.54, 1.807) is 0 Å². The summed E-state index contributed by atoms with van der Waals surface area (Å²) in [6.45, 7) is 2.48. The Morgan fingerprint density at radius 3 is 3.14 bits per heavy atom. The van der Waals surface area contributed by atoms with Gasteiger partial charge in [0.1, 0.15) is 11.7 Å². The monoisotopic (exact) mass is 404 g/mol. The minimum Gasteiger partial charge on any atom is -0.480 e. The number of ether oxygens (including phenoxy) is 2. The van der Waals surface area contributed by atoms with E-state index < -0.39 is 18.2 Å². The second-order valence-corrected chi connectivity index (χ2v) is 7.86. The molecule has 1 aromatic rings. The fourth-order valence-corrected chi connectivity index (χ4v) is 4.31. The van der Waals surface area contributed by atoms with E-state index in [1.807, 2.05) is 11.0 Å². The Balaban J connectivity index is 1.42. The highest BCUT2D eigenvalue weighted by molar-refractivity contribution is 5.97. The van der Waals surface area contributed by atoms with Gasteiger partial charge in [-0.2, -0.15) is 0 Å². The van der Waals surface area contributed by atoms with Crippen LogP contribution in [0, 0.1) is 0 Å². The molecule has 0 bridgehead atoms. The van der Waals surface area contributed by atoms with Crippen molar-refractivity contribution >= 4 is 11.8 Å². The molecule has 29 heavy (non-hydrogen) atoms. The molecule has 0 radical (unpaired) electrons. The number of amides is 2. The van der Waals surface area contributed by atoms with Gasteiger partial charge < -0.3 is 25.2 Å². The molecule has 0 aromatic carbocycles. The molecule has 9 heteroatoms. The smallest absolute Gasteiger partial charge is 0.257 e. The predicted molar refractivity (Wildman–Crippen MR) is 104 cm³/mol. The van der Waals surface area contributed by atoms with Crippen molar-refractivity contribution in [3.63, 3.8) is 0 Å². The van der Waals surface area contributed by atoms with E-state index in [0.717, 1.165) is 30.5 Å². The van der Waals surface area contributed by atoms with E-state index in [0.29, 0.717) is 50.7 Å². The maximum atomic E-state index is 12.9. The van der Waals surface area contributed by atoms with Gasteiger partial charge in [0.05, 0.1) is 25.8 Å². The summed E-state index contributed by atoms with van der Waals surface area (Å²) in [5.74, 6) is -0.00529. The summed E-state index contributed by atoms with van der Waals surface area (Å²) in [6, 6.07) is 1.43. The van der Waals surface area contributed by atoms with Crippen LogP contribution in [0.5, 0.6) is 5.88 Å². The predicted octanol–water partition coefficient (Wildman–Crippen LogP) is -0.741. The third-order valence-electron chi connectivity index (χ3n) is 5.88. The molecule has 2 saturated heterocycles. The van der Waals surface area contributed by atoms with E-state index >= 15 is 0 Å². The number of pyridine rings is 1. The van der Waals surface area contributed by atoms with Crippen molar-refractivity contribution < 1.29 is 24.2 Å². The van der Waals surface area contributed by atoms with Crippen LogP contribution < -0.4 is 15.4 Å². The van der Waals surface area contributed by atoms with Gasteiger partial charge in [-0.25, -0.2) is 4.98 Å². The Bertz CT molecular complexity index is 786. The summed E-state index contributed by atoms with van der Waals surface area (Å²) in [7, 11) is 1.51. The number of carbonyl (C=O) groups is 2. The number of aliphatic hydroxyl groups is 1. The van der Waals surface area contributed by atoms with Gasteiger partial charge in [-0.1, -0.05) is 0 Å². The van der Waals surface area contributed by atoms with Gasteiger partial charge in [0.2, 0.25) is 11.8 Å². The Morgan fingerprint density at radius 2 is 2.34 bits per heavy atom. The number of hydrogen-bond donors (Lipinski definition) is 3. The molecule has 1 aromatic heterocycles. The van der Waals surface area contributed by atoms with Gasteiger partial charge in [-0.15, -0.1) is 0 Å². The molecule has 158 valence electrons. The molecule has 0 spiro atoms. The van der Waals surface area contributed by atoms with Gasteiger partial charge in [0.25, 0.3) is 5.91 Å². The van der Waals surface area contributed by atoms with Gasteiger partial charge >= 0.3 is 0 Å². The number of methoxy groups -OCH3 is 1. The third-order valence-corrected chi connectivity index (χ3v) is 5.88. The molecule has 0 saturated carbocycles. The maximum absolute atomic E-state index is 12.9. The SMILES string of the molecule is COc1nc2c(cc1C(=O)N[C@H]1CCO[C@H](CN3CCNC(=O)C3)[C@H]1O)CCC2.